The van der Waals surface area contributed by atoms with E-state index in [4.69, 9.17) is 10.5 Å². The van der Waals surface area contributed by atoms with Crippen LogP contribution in [0.4, 0.5) is 0 Å². The van der Waals surface area contributed by atoms with Crippen molar-refractivity contribution in [3.8, 4) is 5.75 Å². The number of nitrogens with two attached hydrogens (primary N) is 1. The maximum Gasteiger partial charge on any atom is 0.260 e. The quantitative estimate of drug-likeness (QED) is 0.647. The van der Waals surface area contributed by atoms with Gasteiger partial charge in [-0.3, -0.25) is 9.78 Å². The number of ether oxygens (including phenoxy) is 1. The first-order valence-electron chi connectivity index (χ1n) is 10.0. The minimum atomic E-state index is -0.0344. The molecule has 5 nitrogen and oxygen atoms in total. The topological polar surface area (TPSA) is 70.1 Å². The second-order valence-corrected chi connectivity index (χ2v) is 8.45. The molecule has 0 aliphatic rings. The number of aromatic nitrogens is 2. The third-order valence-electron chi connectivity index (χ3n) is 5.29. The lowest BCUT2D eigenvalue weighted by Gasteiger charge is -2.20. The highest BCUT2D eigenvalue weighted by molar-refractivity contribution is 6.06. The largest absolute Gasteiger partial charge is 0.492 e. The Balaban J connectivity index is 2.18. The van der Waals surface area contributed by atoms with Crippen LogP contribution < -0.4 is 16.0 Å². The van der Waals surface area contributed by atoms with Crippen molar-refractivity contribution in [2.75, 3.05) is 6.61 Å². The van der Waals surface area contributed by atoms with Gasteiger partial charge in [0.15, 0.2) is 0 Å². The van der Waals surface area contributed by atoms with E-state index in [1.165, 1.54) is 0 Å². The van der Waals surface area contributed by atoms with E-state index in [9.17, 15) is 4.79 Å². The number of benzene rings is 1. The molecule has 3 aromatic rings. The Morgan fingerprint density at radius 1 is 1.18 bits per heavy atom. The van der Waals surface area contributed by atoms with E-state index in [1.54, 1.807) is 17.8 Å². The van der Waals surface area contributed by atoms with Crippen LogP contribution in [0, 0.1) is 12.8 Å². The van der Waals surface area contributed by atoms with Crippen molar-refractivity contribution in [3.63, 3.8) is 0 Å². The Kier molecular flexibility index (Phi) is 5.75. The molecule has 0 amide bonds. The van der Waals surface area contributed by atoms with E-state index in [0.717, 1.165) is 39.7 Å². The first-order chi connectivity index (χ1) is 13.2. The molecular weight excluding hydrogens is 350 g/mol. The van der Waals surface area contributed by atoms with Crippen LogP contribution in [0.3, 0.4) is 0 Å². The van der Waals surface area contributed by atoms with Crippen LogP contribution in [0.1, 0.15) is 51.3 Å². The van der Waals surface area contributed by atoms with E-state index in [-0.39, 0.29) is 17.5 Å². The molecule has 0 aliphatic heterocycles. The molecule has 0 aliphatic carbocycles. The van der Waals surface area contributed by atoms with Crippen LogP contribution in [0.5, 0.6) is 5.75 Å². The molecular formula is C23H31N3O2. The number of fused-ring (bicyclic) bond motifs is 3. The predicted octanol–water partition coefficient (Wildman–Crippen LogP) is 4.27. The molecule has 0 fully saturated rings. The number of pyridine rings is 2. The van der Waals surface area contributed by atoms with Gasteiger partial charge in [-0.05, 0) is 48.3 Å². The summed E-state index contributed by atoms with van der Waals surface area (Å²) < 4.78 is 7.84. The molecule has 1 atom stereocenters. The molecule has 1 aromatic carbocycles. The summed E-state index contributed by atoms with van der Waals surface area (Å²) in [6, 6.07) is 6.06. The molecule has 2 aromatic heterocycles. The SMILES string of the molecule is Cc1nccc2c1c(=O)n(C)c1cc(OC[C@@H](N)CC(C)C)c(C(C)C)cc21. The van der Waals surface area contributed by atoms with Gasteiger partial charge >= 0.3 is 0 Å². The van der Waals surface area contributed by atoms with Crippen LogP contribution in [-0.4, -0.2) is 22.2 Å². The molecule has 2 heterocycles. The summed E-state index contributed by atoms with van der Waals surface area (Å²) in [5.74, 6) is 1.63. The van der Waals surface area contributed by atoms with Gasteiger partial charge in [-0.15, -0.1) is 0 Å². The summed E-state index contributed by atoms with van der Waals surface area (Å²) in [5.41, 5.74) is 8.93. The molecule has 0 bridgehead atoms. The van der Waals surface area contributed by atoms with Crippen LogP contribution in [-0.2, 0) is 7.05 Å². The molecule has 150 valence electrons. The van der Waals surface area contributed by atoms with Gasteiger partial charge in [0.2, 0.25) is 0 Å². The van der Waals surface area contributed by atoms with Gasteiger partial charge in [0, 0.05) is 30.7 Å². The van der Waals surface area contributed by atoms with Gasteiger partial charge in [0.05, 0.1) is 16.6 Å². The minimum absolute atomic E-state index is 0.00939. The Labute approximate surface area is 166 Å². The second-order valence-electron chi connectivity index (χ2n) is 8.45. The Morgan fingerprint density at radius 2 is 1.89 bits per heavy atom. The number of hydrogen-bond donors (Lipinski definition) is 1. The minimum Gasteiger partial charge on any atom is -0.492 e. The van der Waals surface area contributed by atoms with Crippen LogP contribution in [0.25, 0.3) is 21.7 Å². The van der Waals surface area contributed by atoms with Crippen molar-refractivity contribution in [1.29, 1.82) is 0 Å². The maximum absolute atomic E-state index is 12.9. The van der Waals surface area contributed by atoms with Crippen molar-refractivity contribution < 1.29 is 4.74 Å². The Bertz CT molecular complexity index is 1070. The lowest BCUT2D eigenvalue weighted by Crippen LogP contribution is -2.29. The summed E-state index contributed by atoms with van der Waals surface area (Å²) in [4.78, 5) is 17.3. The molecule has 0 radical (unpaired) electrons. The zero-order valence-electron chi connectivity index (χ0n) is 17.7. The number of nitrogens with zero attached hydrogens (tertiary/aromatic N) is 2. The van der Waals surface area contributed by atoms with Crippen molar-refractivity contribution in [3.05, 3.63) is 46.0 Å². The average Bonchev–Trinajstić information content (AvgIpc) is 2.63. The average molecular weight is 382 g/mol. The molecule has 0 unspecified atom stereocenters. The third kappa shape index (κ3) is 3.76. The predicted molar refractivity (Wildman–Crippen MR) is 116 cm³/mol. The molecule has 0 spiro atoms. The summed E-state index contributed by atoms with van der Waals surface area (Å²) in [7, 11) is 1.81. The van der Waals surface area contributed by atoms with Crippen LogP contribution >= 0.6 is 0 Å². The lowest BCUT2D eigenvalue weighted by atomic mass is 9.97. The van der Waals surface area contributed by atoms with Crippen molar-refractivity contribution >= 4 is 21.7 Å². The zero-order valence-corrected chi connectivity index (χ0v) is 17.7. The van der Waals surface area contributed by atoms with Gasteiger partial charge in [-0.2, -0.15) is 0 Å². The molecule has 0 saturated carbocycles. The number of hydrogen-bond acceptors (Lipinski definition) is 4. The fourth-order valence-electron chi connectivity index (χ4n) is 3.86. The molecule has 2 N–H and O–H groups in total. The van der Waals surface area contributed by atoms with E-state index in [0.29, 0.717) is 17.9 Å². The first-order valence-corrected chi connectivity index (χ1v) is 10.0. The normalized spacial score (nSPS) is 13.0. The third-order valence-corrected chi connectivity index (χ3v) is 5.29. The van der Waals surface area contributed by atoms with E-state index >= 15 is 0 Å². The first kappa shape index (κ1) is 20.3. The molecule has 28 heavy (non-hydrogen) atoms. The van der Waals surface area contributed by atoms with Gasteiger partial charge < -0.3 is 15.0 Å². The maximum atomic E-state index is 12.9. The van der Waals surface area contributed by atoms with Gasteiger partial charge in [-0.25, -0.2) is 0 Å². The molecule has 5 heteroatoms. The van der Waals surface area contributed by atoms with E-state index in [1.807, 2.05) is 19.1 Å². The van der Waals surface area contributed by atoms with Gasteiger partial charge in [-0.1, -0.05) is 27.7 Å². The Hall–Kier alpha value is -2.40. The van der Waals surface area contributed by atoms with E-state index < -0.39 is 0 Å². The standard InChI is InChI=1S/C23H31N3O2/c1-13(2)9-16(24)12-28-21-11-20-19(10-18(21)14(3)4)17-7-8-25-15(5)22(17)23(27)26(20)6/h7-8,10-11,13-14,16H,9,12,24H2,1-6H3/t16-/m0/s1. The van der Waals surface area contributed by atoms with Gasteiger partial charge in [0.1, 0.15) is 12.4 Å². The lowest BCUT2D eigenvalue weighted by molar-refractivity contribution is 0.268. The summed E-state index contributed by atoms with van der Waals surface area (Å²) in [6.45, 7) is 11.0. The van der Waals surface area contributed by atoms with Crippen molar-refractivity contribution in [1.82, 2.24) is 9.55 Å². The van der Waals surface area contributed by atoms with Crippen LogP contribution in [0.15, 0.2) is 29.2 Å². The highest BCUT2D eigenvalue weighted by Crippen LogP contribution is 2.34. The van der Waals surface area contributed by atoms with Crippen molar-refractivity contribution in [2.45, 2.75) is 53.0 Å². The summed E-state index contributed by atoms with van der Waals surface area (Å²) in [5, 5.41) is 2.67. The zero-order chi connectivity index (χ0) is 20.6. The Morgan fingerprint density at radius 3 is 2.54 bits per heavy atom. The second kappa shape index (κ2) is 7.92. The van der Waals surface area contributed by atoms with Crippen LogP contribution in [0.2, 0.25) is 0 Å². The number of aryl methyl sites for hydroxylation is 2. The monoisotopic (exact) mass is 381 g/mol. The number of rotatable bonds is 6. The summed E-state index contributed by atoms with van der Waals surface area (Å²) in [6.07, 6.45) is 2.68. The molecule has 3 rings (SSSR count). The van der Waals surface area contributed by atoms with Gasteiger partial charge in [0.25, 0.3) is 5.56 Å². The highest BCUT2D eigenvalue weighted by Gasteiger charge is 2.17. The van der Waals surface area contributed by atoms with E-state index in [2.05, 4.69) is 38.7 Å². The highest BCUT2D eigenvalue weighted by atomic mass is 16.5. The molecule has 0 saturated heterocycles. The smallest absolute Gasteiger partial charge is 0.260 e. The van der Waals surface area contributed by atoms with Crippen molar-refractivity contribution in [2.24, 2.45) is 18.7 Å². The summed E-state index contributed by atoms with van der Waals surface area (Å²) >= 11 is 0. The fourth-order valence-corrected chi connectivity index (χ4v) is 3.86. The fraction of sp³-hybridized carbons (Fsp3) is 0.478.